The van der Waals surface area contributed by atoms with Crippen molar-refractivity contribution in [3.63, 3.8) is 0 Å². The number of benzene rings is 1. The SMILES string of the molecule is Nc1cc(OCC2CCC2)cc(C2CCC(=O)NC2=O)c1. The molecule has 1 atom stereocenters. The molecule has 3 N–H and O–H groups in total. The highest BCUT2D eigenvalue weighted by molar-refractivity contribution is 6.01. The third-order valence-electron chi connectivity index (χ3n) is 4.30. The molecule has 21 heavy (non-hydrogen) atoms. The van der Waals surface area contributed by atoms with Crippen molar-refractivity contribution in [3.05, 3.63) is 23.8 Å². The molecular weight excluding hydrogens is 268 g/mol. The van der Waals surface area contributed by atoms with E-state index >= 15 is 0 Å². The second-order valence-electron chi connectivity index (χ2n) is 5.95. The Morgan fingerprint density at radius 2 is 2.00 bits per heavy atom. The van der Waals surface area contributed by atoms with Crippen LogP contribution in [0.4, 0.5) is 5.69 Å². The first-order valence-electron chi connectivity index (χ1n) is 7.49. The Hall–Kier alpha value is -2.04. The molecule has 0 bridgehead atoms. The maximum atomic E-state index is 11.9. The molecule has 1 aliphatic carbocycles. The molecule has 1 saturated heterocycles. The minimum Gasteiger partial charge on any atom is -0.493 e. The minimum absolute atomic E-state index is 0.207. The summed E-state index contributed by atoms with van der Waals surface area (Å²) in [6.07, 6.45) is 4.62. The van der Waals surface area contributed by atoms with Crippen molar-refractivity contribution in [2.24, 2.45) is 5.92 Å². The summed E-state index contributed by atoms with van der Waals surface area (Å²) in [5.41, 5.74) is 7.32. The maximum absolute atomic E-state index is 11.9. The lowest BCUT2D eigenvalue weighted by molar-refractivity contribution is -0.134. The second-order valence-corrected chi connectivity index (χ2v) is 5.95. The number of piperidine rings is 1. The highest BCUT2D eigenvalue weighted by atomic mass is 16.5. The van der Waals surface area contributed by atoms with E-state index in [1.54, 1.807) is 12.1 Å². The van der Waals surface area contributed by atoms with Gasteiger partial charge < -0.3 is 10.5 Å². The molecule has 0 aromatic heterocycles. The van der Waals surface area contributed by atoms with Crippen LogP contribution in [-0.4, -0.2) is 18.4 Å². The summed E-state index contributed by atoms with van der Waals surface area (Å²) < 4.78 is 5.80. The molecule has 1 aliphatic heterocycles. The molecule has 0 spiro atoms. The molecule has 2 aliphatic rings. The Kier molecular flexibility index (Phi) is 3.82. The smallest absolute Gasteiger partial charge is 0.234 e. The zero-order valence-corrected chi connectivity index (χ0v) is 11.9. The molecule has 2 fully saturated rings. The minimum atomic E-state index is -0.322. The molecule has 3 rings (SSSR count). The normalized spacial score (nSPS) is 22.6. The van der Waals surface area contributed by atoms with E-state index in [1.165, 1.54) is 19.3 Å². The summed E-state index contributed by atoms with van der Waals surface area (Å²) in [4.78, 5) is 23.2. The Bertz CT molecular complexity index is 567. The number of ether oxygens (including phenoxy) is 1. The third-order valence-corrected chi connectivity index (χ3v) is 4.30. The summed E-state index contributed by atoms with van der Waals surface area (Å²) in [7, 11) is 0. The van der Waals surface area contributed by atoms with Crippen LogP contribution in [0.2, 0.25) is 0 Å². The van der Waals surface area contributed by atoms with Crippen LogP contribution in [0.1, 0.15) is 43.6 Å². The van der Waals surface area contributed by atoms with Crippen molar-refractivity contribution >= 4 is 17.5 Å². The average molecular weight is 288 g/mol. The Morgan fingerprint density at radius 1 is 1.19 bits per heavy atom. The first-order chi connectivity index (χ1) is 10.1. The maximum Gasteiger partial charge on any atom is 0.234 e. The summed E-state index contributed by atoms with van der Waals surface area (Å²) in [5, 5.41) is 2.38. The molecule has 1 aromatic carbocycles. The summed E-state index contributed by atoms with van der Waals surface area (Å²) in [5.74, 6) is 0.577. The molecule has 5 heteroatoms. The van der Waals surface area contributed by atoms with Crippen LogP contribution in [-0.2, 0) is 9.59 Å². The van der Waals surface area contributed by atoms with Gasteiger partial charge in [-0.3, -0.25) is 14.9 Å². The van der Waals surface area contributed by atoms with Gasteiger partial charge in [-0.1, -0.05) is 6.42 Å². The highest BCUT2D eigenvalue weighted by Crippen LogP contribution is 2.31. The molecule has 1 unspecified atom stereocenters. The van der Waals surface area contributed by atoms with Gasteiger partial charge in [0.1, 0.15) is 5.75 Å². The van der Waals surface area contributed by atoms with Gasteiger partial charge in [0.25, 0.3) is 0 Å². The standard InChI is InChI=1S/C16H20N2O3/c17-12-6-11(14-4-5-15(19)18-16(14)20)7-13(8-12)21-9-10-2-1-3-10/h6-8,10,14H,1-5,9,17H2,(H,18,19,20). The third kappa shape index (κ3) is 3.17. The van der Waals surface area contributed by atoms with E-state index in [2.05, 4.69) is 5.32 Å². The summed E-state index contributed by atoms with van der Waals surface area (Å²) >= 11 is 0. The van der Waals surface area contributed by atoms with Crippen molar-refractivity contribution in [1.82, 2.24) is 5.32 Å². The number of nitrogen functional groups attached to an aromatic ring is 1. The van der Waals surface area contributed by atoms with Crippen LogP contribution in [0.25, 0.3) is 0 Å². The Balaban J connectivity index is 1.73. The van der Waals surface area contributed by atoms with Crippen LogP contribution < -0.4 is 15.8 Å². The van der Waals surface area contributed by atoms with E-state index in [4.69, 9.17) is 10.5 Å². The van der Waals surface area contributed by atoms with E-state index in [-0.39, 0.29) is 17.7 Å². The van der Waals surface area contributed by atoms with Crippen LogP contribution in [0.3, 0.4) is 0 Å². The molecule has 1 saturated carbocycles. The monoisotopic (exact) mass is 288 g/mol. The number of imide groups is 1. The molecule has 1 heterocycles. The van der Waals surface area contributed by atoms with Crippen molar-refractivity contribution in [3.8, 4) is 5.75 Å². The average Bonchev–Trinajstić information content (AvgIpc) is 2.36. The van der Waals surface area contributed by atoms with Gasteiger partial charge in [-0.05, 0) is 42.9 Å². The van der Waals surface area contributed by atoms with E-state index in [9.17, 15) is 9.59 Å². The van der Waals surface area contributed by atoms with Gasteiger partial charge in [0.05, 0.1) is 12.5 Å². The molecule has 0 radical (unpaired) electrons. The van der Waals surface area contributed by atoms with Gasteiger partial charge in [-0.25, -0.2) is 0 Å². The number of hydrogen-bond donors (Lipinski definition) is 2. The van der Waals surface area contributed by atoms with Crippen molar-refractivity contribution in [2.75, 3.05) is 12.3 Å². The molecule has 2 amide bonds. The lowest BCUT2D eigenvalue weighted by Crippen LogP contribution is -2.39. The van der Waals surface area contributed by atoms with E-state index in [0.717, 1.165) is 5.56 Å². The van der Waals surface area contributed by atoms with Crippen molar-refractivity contribution < 1.29 is 14.3 Å². The van der Waals surface area contributed by atoms with Crippen LogP contribution >= 0.6 is 0 Å². The van der Waals surface area contributed by atoms with Crippen molar-refractivity contribution in [1.29, 1.82) is 0 Å². The molecule has 1 aromatic rings. The fraction of sp³-hybridized carbons (Fsp3) is 0.500. The number of carbonyl (C=O) groups is 2. The number of carbonyl (C=O) groups excluding carboxylic acids is 2. The number of nitrogens with two attached hydrogens (primary N) is 1. The van der Waals surface area contributed by atoms with Crippen molar-refractivity contribution in [2.45, 2.75) is 38.0 Å². The zero-order valence-electron chi connectivity index (χ0n) is 11.9. The number of anilines is 1. The first-order valence-corrected chi connectivity index (χ1v) is 7.49. The van der Waals surface area contributed by atoms with Gasteiger partial charge in [0.15, 0.2) is 0 Å². The number of rotatable bonds is 4. The zero-order chi connectivity index (χ0) is 14.8. The first kappa shape index (κ1) is 13.9. The quantitative estimate of drug-likeness (QED) is 0.655. The van der Waals surface area contributed by atoms with E-state index in [0.29, 0.717) is 36.8 Å². The molecular formula is C16H20N2O3. The largest absolute Gasteiger partial charge is 0.493 e. The Morgan fingerprint density at radius 3 is 2.67 bits per heavy atom. The van der Waals surface area contributed by atoms with Crippen LogP contribution in [0, 0.1) is 5.92 Å². The predicted molar refractivity (Wildman–Crippen MR) is 78.8 cm³/mol. The number of hydrogen-bond acceptors (Lipinski definition) is 4. The fourth-order valence-corrected chi connectivity index (χ4v) is 2.82. The number of amides is 2. The van der Waals surface area contributed by atoms with Gasteiger partial charge >= 0.3 is 0 Å². The second kappa shape index (κ2) is 5.76. The topological polar surface area (TPSA) is 81.4 Å². The lowest BCUT2D eigenvalue weighted by Gasteiger charge is -2.26. The van der Waals surface area contributed by atoms with E-state index in [1.807, 2.05) is 6.07 Å². The summed E-state index contributed by atoms with van der Waals surface area (Å²) in [6, 6.07) is 5.44. The Labute approximate surface area is 123 Å². The van der Waals surface area contributed by atoms with Gasteiger partial charge in [0.2, 0.25) is 11.8 Å². The number of nitrogens with one attached hydrogen (secondary N) is 1. The fourth-order valence-electron chi connectivity index (χ4n) is 2.82. The predicted octanol–water partition coefficient (Wildman–Crippen LogP) is 1.97. The molecule has 112 valence electrons. The summed E-state index contributed by atoms with van der Waals surface area (Å²) in [6.45, 7) is 0.707. The lowest BCUT2D eigenvalue weighted by atomic mass is 9.86. The molecule has 5 nitrogen and oxygen atoms in total. The highest BCUT2D eigenvalue weighted by Gasteiger charge is 2.28. The van der Waals surface area contributed by atoms with Gasteiger partial charge in [-0.15, -0.1) is 0 Å². The van der Waals surface area contributed by atoms with Gasteiger partial charge in [0, 0.05) is 18.2 Å². The van der Waals surface area contributed by atoms with Crippen LogP contribution in [0.15, 0.2) is 18.2 Å². The van der Waals surface area contributed by atoms with Gasteiger partial charge in [-0.2, -0.15) is 0 Å². The van der Waals surface area contributed by atoms with Crippen LogP contribution in [0.5, 0.6) is 5.75 Å². The van der Waals surface area contributed by atoms with E-state index < -0.39 is 0 Å².